The van der Waals surface area contributed by atoms with E-state index in [-0.39, 0.29) is 34.5 Å². The summed E-state index contributed by atoms with van der Waals surface area (Å²) >= 11 is 1.08. The van der Waals surface area contributed by atoms with Crippen LogP contribution in [0.2, 0.25) is 0 Å². The molecule has 9 heteroatoms. The van der Waals surface area contributed by atoms with Crippen LogP contribution >= 0.6 is 11.8 Å². The van der Waals surface area contributed by atoms with Gasteiger partial charge in [-0.2, -0.15) is 5.26 Å². The van der Waals surface area contributed by atoms with E-state index in [1.54, 1.807) is 12.1 Å². The monoisotopic (exact) mass is 495 g/mol. The summed E-state index contributed by atoms with van der Waals surface area (Å²) in [5.74, 6) is -0.809. The number of amidine groups is 1. The van der Waals surface area contributed by atoms with Crippen LogP contribution in [-0.4, -0.2) is 31.9 Å². The molecule has 0 fully saturated rings. The predicted octanol–water partition coefficient (Wildman–Crippen LogP) is 5.67. The lowest BCUT2D eigenvalue weighted by Crippen LogP contribution is -2.30. The molecule has 4 aromatic rings. The van der Waals surface area contributed by atoms with Crippen LogP contribution in [0.5, 0.6) is 0 Å². The van der Waals surface area contributed by atoms with Crippen molar-refractivity contribution in [1.29, 1.82) is 5.26 Å². The number of nitrogens with one attached hydrogen (secondary N) is 1. The summed E-state index contributed by atoms with van der Waals surface area (Å²) in [6.07, 6.45) is 1.66. The van der Waals surface area contributed by atoms with E-state index in [1.807, 2.05) is 54.6 Å². The second-order valence-electron chi connectivity index (χ2n) is 7.78. The summed E-state index contributed by atoms with van der Waals surface area (Å²) in [6, 6.07) is 24.1. The fourth-order valence-electron chi connectivity index (χ4n) is 3.65. The number of aromatic amines is 1. The van der Waals surface area contributed by atoms with E-state index in [0.29, 0.717) is 16.4 Å². The van der Waals surface area contributed by atoms with Crippen LogP contribution in [0.25, 0.3) is 22.7 Å². The Kier molecular flexibility index (Phi) is 6.34. The molecule has 0 bridgehead atoms. The van der Waals surface area contributed by atoms with Gasteiger partial charge in [0.25, 0.3) is 5.91 Å². The van der Waals surface area contributed by atoms with Crippen molar-refractivity contribution in [2.75, 3.05) is 10.7 Å². The summed E-state index contributed by atoms with van der Waals surface area (Å²) in [5.41, 5.74) is 2.85. The van der Waals surface area contributed by atoms with Crippen molar-refractivity contribution in [2.24, 2.45) is 4.99 Å². The van der Waals surface area contributed by atoms with Crippen molar-refractivity contribution in [2.45, 2.75) is 0 Å². The number of imidazole rings is 1. The highest BCUT2D eigenvalue weighted by atomic mass is 32.2. The van der Waals surface area contributed by atoms with Gasteiger partial charge in [-0.05, 0) is 48.0 Å². The molecule has 0 atom stereocenters. The number of halogens is 1. The van der Waals surface area contributed by atoms with Gasteiger partial charge in [0.15, 0.2) is 11.0 Å². The minimum atomic E-state index is -0.429. The Labute approximate surface area is 209 Å². The van der Waals surface area contributed by atoms with E-state index in [4.69, 9.17) is 0 Å². The summed E-state index contributed by atoms with van der Waals surface area (Å²) < 4.78 is 13.5. The van der Waals surface area contributed by atoms with Gasteiger partial charge in [0, 0.05) is 0 Å². The normalized spacial score (nSPS) is 15.2. The molecule has 5 rings (SSSR count). The van der Waals surface area contributed by atoms with Gasteiger partial charge in [0.2, 0.25) is 0 Å². The molecule has 2 N–H and O–H groups in total. The van der Waals surface area contributed by atoms with Gasteiger partial charge >= 0.3 is 0 Å². The van der Waals surface area contributed by atoms with E-state index in [0.717, 1.165) is 22.8 Å². The van der Waals surface area contributed by atoms with Crippen LogP contribution in [0.1, 0.15) is 11.4 Å². The molecule has 1 aromatic heterocycles. The number of thioether (sulfide) groups is 1. The van der Waals surface area contributed by atoms with Crippen LogP contribution < -0.4 is 4.90 Å². The molecule has 0 spiro atoms. The van der Waals surface area contributed by atoms with Crippen LogP contribution in [-0.2, 0) is 4.79 Å². The maximum atomic E-state index is 13.5. The molecule has 1 aliphatic heterocycles. The summed E-state index contributed by atoms with van der Waals surface area (Å²) in [4.78, 5) is 26.5. The average Bonchev–Trinajstić information content (AvgIpc) is 3.45. The third kappa shape index (κ3) is 4.62. The first-order valence-corrected chi connectivity index (χ1v) is 11.9. The first-order valence-electron chi connectivity index (χ1n) is 10.9. The number of allylic oxidation sites excluding steroid dienone is 1. The number of benzene rings is 3. The lowest BCUT2D eigenvalue weighted by atomic mass is 10.2. The first-order chi connectivity index (χ1) is 17.5. The number of para-hydroxylation sites is 2. The van der Waals surface area contributed by atoms with Gasteiger partial charge in [-0.3, -0.25) is 9.69 Å². The highest BCUT2D eigenvalue weighted by Crippen LogP contribution is 2.31. The number of rotatable bonds is 5. The van der Waals surface area contributed by atoms with Gasteiger partial charge in [-0.15, -0.1) is 0 Å². The Morgan fingerprint density at radius 1 is 1.08 bits per heavy atom. The molecule has 0 unspecified atom stereocenters. The number of nitrogens with zero attached hydrogens (tertiary/aromatic N) is 4. The Bertz CT molecular complexity index is 1550. The lowest BCUT2D eigenvalue weighted by Gasteiger charge is -2.17. The van der Waals surface area contributed by atoms with Crippen molar-refractivity contribution in [1.82, 2.24) is 9.97 Å². The zero-order valence-electron chi connectivity index (χ0n) is 18.7. The minimum absolute atomic E-state index is 0.00277. The molecule has 0 radical (unpaired) electrons. The second kappa shape index (κ2) is 9.90. The molecule has 3 aromatic carbocycles. The third-order valence-electron chi connectivity index (χ3n) is 5.38. The quantitative estimate of drug-likeness (QED) is 0.211. The van der Waals surface area contributed by atoms with E-state index >= 15 is 0 Å². The number of aliphatic imine (C=N–C) groups is 1. The Hall–Kier alpha value is -4.68. The molecule has 1 aliphatic rings. The number of hydrogen-bond donors (Lipinski definition) is 2. The van der Waals surface area contributed by atoms with Crippen molar-refractivity contribution in [3.63, 3.8) is 0 Å². The number of anilines is 1. The number of hydrogen-bond acceptors (Lipinski definition) is 6. The van der Waals surface area contributed by atoms with E-state index in [9.17, 15) is 19.6 Å². The highest BCUT2D eigenvalue weighted by molar-refractivity contribution is 8.14. The Morgan fingerprint density at radius 2 is 1.81 bits per heavy atom. The maximum Gasteiger partial charge on any atom is 0.283 e. The number of carbonyl (C=O) groups excluding carboxylic acids is 1. The van der Waals surface area contributed by atoms with Crippen molar-refractivity contribution >= 4 is 51.2 Å². The van der Waals surface area contributed by atoms with Crippen LogP contribution in [0, 0.1) is 17.1 Å². The number of aliphatic hydroxyl groups is 1. The van der Waals surface area contributed by atoms with Gasteiger partial charge in [0.05, 0.1) is 22.5 Å². The van der Waals surface area contributed by atoms with Gasteiger partial charge in [-0.25, -0.2) is 14.4 Å². The standard InChI is InChI=1S/C27H18FN5O2S/c28-18-10-12-19(13-11-18)33-26(35)23(14-17-6-2-1-3-7-17)32-27(33)36-16-24(34)20(15-29)25-30-21-8-4-5-9-22(21)31-25/h1-14,34H,16H2,(H,30,31)/b23-14?,24-20-. The molecular formula is C27H18FN5O2S. The second-order valence-corrected chi connectivity index (χ2v) is 8.72. The molecular weight excluding hydrogens is 477 g/mol. The molecule has 0 saturated heterocycles. The van der Waals surface area contributed by atoms with Crippen LogP contribution in [0.3, 0.4) is 0 Å². The first kappa shape index (κ1) is 23.1. The zero-order chi connectivity index (χ0) is 25.1. The topological polar surface area (TPSA) is 105 Å². The van der Waals surface area contributed by atoms with Crippen molar-refractivity contribution < 1.29 is 14.3 Å². The fraction of sp³-hybridized carbons (Fsp3) is 0.0370. The smallest absolute Gasteiger partial charge is 0.283 e. The number of fused-ring (bicyclic) bond motifs is 1. The predicted molar refractivity (Wildman–Crippen MR) is 139 cm³/mol. The van der Waals surface area contributed by atoms with Gasteiger partial charge < -0.3 is 10.1 Å². The number of carbonyl (C=O) groups is 1. The molecule has 1 amide bonds. The number of nitriles is 1. The molecule has 0 saturated carbocycles. The third-order valence-corrected chi connectivity index (χ3v) is 6.33. The lowest BCUT2D eigenvalue weighted by molar-refractivity contribution is -0.113. The van der Waals surface area contributed by atoms with Crippen molar-refractivity contribution in [3.8, 4) is 6.07 Å². The molecule has 7 nitrogen and oxygen atoms in total. The Morgan fingerprint density at radius 3 is 2.53 bits per heavy atom. The number of aromatic nitrogens is 2. The summed E-state index contributed by atoms with van der Waals surface area (Å²) in [6.45, 7) is 0. The summed E-state index contributed by atoms with van der Waals surface area (Å²) in [7, 11) is 0. The van der Waals surface area contributed by atoms with E-state index < -0.39 is 5.82 Å². The largest absolute Gasteiger partial charge is 0.510 e. The van der Waals surface area contributed by atoms with Crippen molar-refractivity contribution in [3.05, 3.63) is 108 Å². The van der Waals surface area contributed by atoms with Gasteiger partial charge in [-0.1, -0.05) is 54.2 Å². The Balaban J connectivity index is 1.46. The van der Waals surface area contributed by atoms with Crippen LogP contribution in [0.4, 0.5) is 10.1 Å². The molecule has 0 aliphatic carbocycles. The molecule has 176 valence electrons. The number of amides is 1. The SMILES string of the molecule is N#C/C(=C(/O)CSC1=NC(=Cc2ccccc2)C(=O)N1c1ccc(F)cc1)c1nc2ccccc2[nH]1. The fourth-order valence-corrected chi connectivity index (χ4v) is 4.54. The minimum Gasteiger partial charge on any atom is -0.510 e. The highest BCUT2D eigenvalue weighted by Gasteiger charge is 2.32. The maximum absolute atomic E-state index is 13.5. The number of aliphatic hydroxyl groups excluding tert-OH is 1. The van der Waals surface area contributed by atoms with E-state index in [2.05, 4.69) is 15.0 Å². The molecule has 36 heavy (non-hydrogen) atoms. The average molecular weight is 496 g/mol. The number of H-pyrrole nitrogens is 1. The van der Waals surface area contributed by atoms with Gasteiger partial charge in [0.1, 0.15) is 28.9 Å². The van der Waals surface area contributed by atoms with Crippen LogP contribution in [0.15, 0.2) is 95.3 Å². The zero-order valence-corrected chi connectivity index (χ0v) is 19.5. The van der Waals surface area contributed by atoms with E-state index in [1.165, 1.54) is 29.2 Å². The summed E-state index contributed by atoms with van der Waals surface area (Å²) in [5, 5.41) is 20.8. The molecule has 2 heterocycles.